The van der Waals surface area contributed by atoms with E-state index in [0.717, 1.165) is 24.1 Å². The van der Waals surface area contributed by atoms with Crippen molar-refractivity contribution in [3.8, 4) is 5.75 Å². The van der Waals surface area contributed by atoms with E-state index >= 15 is 0 Å². The smallest absolute Gasteiger partial charge is 0.251 e. The molecular formula is C21H27N5O3. The van der Waals surface area contributed by atoms with Gasteiger partial charge >= 0.3 is 0 Å². The number of H-pyrrole nitrogens is 1. The number of fused-ring (bicyclic) bond motifs is 4. The second-order valence-electron chi connectivity index (χ2n) is 7.73. The van der Waals surface area contributed by atoms with Crippen LogP contribution >= 0.6 is 0 Å². The average Bonchev–Trinajstić information content (AvgIpc) is 3.35. The average molecular weight is 397 g/mol. The third kappa shape index (κ3) is 4.59. The quantitative estimate of drug-likeness (QED) is 0.711. The van der Waals surface area contributed by atoms with E-state index in [1.165, 1.54) is 0 Å². The summed E-state index contributed by atoms with van der Waals surface area (Å²) in [6.45, 7) is 3.95. The molecule has 29 heavy (non-hydrogen) atoms. The maximum absolute atomic E-state index is 12.7. The molecule has 2 aromatic rings. The van der Waals surface area contributed by atoms with E-state index in [-0.39, 0.29) is 23.9 Å². The van der Waals surface area contributed by atoms with Crippen molar-refractivity contribution in [3.63, 3.8) is 0 Å². The van der Waals surface area contributed by atoms with E-state index in [1.807, 2.05) is 19.1 Å². The Morgan fingerprint density at radius 3 is 2.90 bits per heavy atom. The summed E-state index contributed by atoms with van der Waals surface area (Å²) in [5, 5.41) is 6.02. The van der Waals surface area contributed by atoms with Crippen molar-refractivity contribution >= 4 is 11.8 Å². The van der Waals surface area contributed by atoms with Gasteiger partial charge in [-0.15, -0.1) is 0 Å². The largest absolute Gasteiger partial charge is 0.491 e. The van der Waals surface area contributed by atoms with E-state index in [2.05, 4.69) is 25.5 Å². The summed E-state index contributed by atoms with van der Waals surface area (Å²) in [6.07, 6.45) is 5.76. The fraction of sp³-hybridized carbons (Fsp3) is 0.476. The van der Waals surface area contributed by atoms with Crippen molar-refractivity contribution in [1.82, 2.24) is 25.5 Å². The molecule has 4 bridgehead atoms. The van der Waals surface area contributed by atoms with Crippen LogP contribution < -0.4 is 15.4 Å². The van der Waals surface area contributed by atoms with E-state index in [0.29, 0.717) is 44.0 Å². The molecule has 1 aromatic carbocycles. The molecule has 0 spiro atoms. The predicted molar refractivity (Wildman–Crippen MR) is 108 cm³/mol. The van der Waals surface area contributed by atoms with Crippen LogP contribution in [0.1, 0.15) is 40.9 Å². The van der Waals surface area contributed by atoms with Crippen molar-refractivity contribution < 1.29 is 14.3 Å². The Labute approximate surface area is 170 Å². The lowest BCUT2D eigenvalue weighted by Gasteiger charge is -2.29. The van der Waals surface area contributed by atoms with Gasteiger partial charge < -0.3 is 20.4 Å². The first-order valence-corrected chi connectivity index (χ1v) is 10.1. The van der Waals surface area contributed by atoms with Gasteiger partial charge in [-0.25, -0.2) is 4.98 Å². The highest BCUT2D eigenvalue weighted by molar-refractivity contribution is 5.94. The van der Waals surface area contributed by atoms with E-state index in [9.17, 15) is 9.59 Å². The van der Waals surface area contributed by atoms with Crippen molar-refractivity contribution in [2.45, 2.75) is 44.8 Å². The highest BCUT2D eigenvalue weighted by Gasteiger charge is 2.35. The van der Waals surface area contributed by atoms with Gasteiger partial charge in [0, 0.05) is 49.0 Å². The van der Waals surface area contributed by atoms with Crippen LogP contribution in [0.25, 0.3) is 0 Å². The normalized spacial score (nSPS) is 23.5. The molecule has 1 fully saturated rings. The minimum absolute atomic E-state index is 0.0261. The van der Waals surface area contributed by atoms with Gasteiger partial charge in [0.1, 0.15) is 12.4 Å². The standard InChI is InChI=1S/C21H27N5O3/c1-14-2-3-15-8-19(14)29-7-6-23-20(27)9-17-4-5-18(11-24-21(15)28)26(17)12-16-10-22-13-25-16/h2-3,8,10,13,17-18H,4-7,9,11-12H2,1H3,(H,22,25)(H,23,27)(H,24,28)/t17-,18+/m0/s1. The molecule has 8 nitrogen and oxygen atoms in total. The predicted octanol–water partition coefficient (Wildman–Crippen LogP) is 1.38. The van der Waals surface area contributed by atoms with Crippen LogP contribution in [-0.2, 0) is 11.3 Å². The molecule has 2 aliphatic heterocycles. The van der Waals surface area contributed by atoms with E-state index < -0.39 is 0 Å². The number of benzene rings is 1. The molecule has 4 rings (SSSR count). The van der Waals surface area contributed by atoms with Crippen molar-refractivity contribution in [3.05, 3.63) is 47.5 Å². The van der Waals surface area contributed by atoms with E-state index in [1.54, 1.807) is 18.6 Å². The summed E-state index contributed by atoms with van der Waals surface area (Å²) >= 11 is 0. The van der Waals surface area contributed by atoms with E-state index in [4.69, 9.17) is 4.74 Å². The Morgan fingerprint density at radius 2 is 2.07 bits per heavy atom. The molecule has 3 N–H and O–H groups in total. The van der Waals surface area contributed by atoms with Gasteiger partial charge in [0.2, 0.25) is 5.91 Å². The fourth-order valence-electron chi connectivity index (χ4n) is 4.13. The van der Waals surface area contributed by atoms with Gasteiger partial charge in [-0.1, -0.05) is 6.07 Å². The number of ether oxygens (including phenoxy) is 1. The molecule has 8 heteroatoms. The minimum Gasteiger partial charge on any atom is -0.491 e. The molecule has 0 aliphatic carbocycles. The molecule has 1 saturated heterocycles. The van der Waals surface area contributed by atoms with Crippen molar-refractivity contribution in [2.75, 3.05) is 19.7 Å². The van der Waals surface area contributed by atoms with Gasteiger partial charge in [0.25, 0.3) is 5.91 Å². The lowest BCUT2D eigenvalue weighted by molar-refractivity contribution is -0.122. The summed E-state index contributed by atoms with van der Waals surface area (Å²) in [6, 6.07) is 5.78. The van der Waals surface area contributed by atoms with Gasteiger partial charge in [0.15, 0.2) is 0 Å². The summed E-state index contributed by atoms with van der Waals surface area (Å²) < 4.78 is 5.79. The topological polar surface area (TPSA) is 99.3 Å². The Bertz CT molecular complexity index is 867. The maximum atomic E-state index is 12.7. The number of carbonyl (C=O) groups excluding carboxylic acids is 2. The van der Waals surface area contributed by atoms with Gasteiger partial charge in [-0.05, 0) is 37.5 Å². The number of aromatic amines is 1. The molecule has 3 heterocycles. The van der Waals surface area contributed by atoms with Gasteiger partial charge in [0.05, 0.1) is 12.9 Å². The molecule has 0 saturated carbocycles. The zero-order valence-electron chi connectivity index (χ0n) is 16.6. The van der Waals surface area contributed by atoms with Crippen LogP contribution in [0.3, 0.4) is 0 Å². The fourth-order valence-corrected chi connectivity index (χ4v) is 4.13. The monoisotopic (exact) mass is 397 g/mol. The number of nitrogens with one attached hydrogen (secondary N) is 3. The second kappa shape index (κ2) is 8.65. The highest BCUT2D eigenvalue weighted by atomic mass is 16.5. The van der Waals surface area contributed by atoms with Gasteiger partial charge in [-0.3, -0.25) is 14.5 Å². The molecule has 2 amide bonds. The third-order valence-electron chi connectivity index (χ3n) is 5.73. The molecular weight excluding hydrogens is 370 g/mol. The first kappa shape index (κ1) is 19.4. The number of hydrogen-bond donors (Lipinski definition) is 3. The number of nitrogens with zero attached hydrogens (tertiary/aromatic N) is 2. The molecule has 0 radical (unpaired) electrons. The Morgan fingerprint density at radius 1 is 1.21 bits per heavy atom. The van der Waals surface area contributed by atoms with Gasteiger partial charge in [-0.2, -0.15) is 0 Å². The lowest BCUT2D eigenvalue weighted by atomic mass is 10.1. The van der Waals surface area contributed by atoms with Crippen LogP contribution in [0.15, 0.2) is 30.7 Å². The number of imidazole rings is 1. The first-order chi connectivity index (χ1) is 14.1. The molecule has 154 valence electrons. The first-order valence-electron chi connectivity index (χ1n) is 10.1. The summed E-state index contributed by atoms with van der Waals surface area (Å²) in [4.78, 5) is 34.7. The van der Waals surface area contributed by atoms with Crippen LogP contribution in [-0.4, -0.2) is 58.5 Å². The molecule has 2 aliphatic rings. The van der Waals surface area contributed by atoms with Crippen molar-refractivity contribution in [1.29, 1.82) is 0 Å². The lowest BCUT2D eigenvalue weighted by Crippen LogP contribution is -2.44. The number of aromatic nitrogens is 2. The second-order valence-corrected chi connectivity index (χ2v) is 7.73. The third-order valence-corrected chi connectivity index (χ3v) is 5.73. The van der Waals surface area contributed by atoms with Crippen LogP contribution in [0.5, 0.6) is 5.75 Å². The zero-order chi connectivity index (χ0) is 20.2. The Hall–Kier alpha value is -2.87. The maximum Gasteiger partial charge on any atom is 0.251 e. The molecule has 2 atom stereocenters. The number of aryl methyl sites for hydroxylation is 1. The molecule has 0 unspecified atom stereocenters. The highest BCUT2D eigenvalue weighted by Crippen LogP contribution is 2.28. The van der Waals surface area contributed by atoms with Crippen LogP contribution in [0.4, 0.5) is 0 Å². The number of rotatable bonds is 2. The number of hydrogen-bond acceptors (Lipinski definition) is 5. The Balaban J connectivity index is 1.55. The Kier molecular flexibility index (Phi) is 5.80. The number of carbonyl (C=O) groups is 2. The summed E-state index contributed by atoms with van der Waals surface area (Å²) in [5.74, 6) is 0.589. The van der Waals surface area contributed by atoms with Crippen LogP contribution in [0.2, 0.25) is 0 Å². The molecule has 1 aromatic heterocycles. The number of amides is 2. The zero-order valence-corrected chi connectivity index (χ0v) is 16.6. The van der Waals surface area contributed by atoms with Crippen LogP contribution in [0, 0.1) is 6.92 Å². The summed E-state index contributed by atoms with van der Waals surface area (Å²) in [7, 11) is 0. The van der Waals surface area contributed by atoms with Crippen molar-refractivity contribution in [2.24, 2.45) is 0 Å². The minimum atomic E-state index is -0.108. The summed E-state index contributed by atoms with van der Waals surface area (Å²) in [5.41, 5.74) is 2.55. The SMILES string of the molecule is Cc1ccc2cc1OCCNC(=O)C[C@@H]1CC[C@H](CNC2=O)N1Cc1cnc[nH]1.